The lowest BCUT2D eigenvalue weighted by Crippen LogP contribution is -2.43. The number of anilines is 1. The van der Waals surface area contributed by atoms with Crippen LogP contribution in [0.2, 0.25) is 5.02 Å². The number of carboxylic acids is 1. The summed E-state index contributed by atoms with van der Waals surface area (Å²) in [6.45, 7) is 3.12. The minimum absolute atomic E-state index is 0.0575. The summed E-state index contributed by atoms with van der Waals surface area (Å²) >= 11 is 6.14. The Kier molecular flexibility index (Phi) is 4.99. The Balaban J connectivity index is 1.65. The summed E-state index contributed by atoms with van der Waals surface area (Å²) in [7, 11) is 0. The fraction of sp³-hybridized carbons (Fsp3) is 0.500. The fourth-order valence-electron chi connectivity index (χ4n) is 3.48. The second-order valence-corrected chi connectivity index (χ2v) is 7.18. The van der Waals surface area contributed by atoms with Crippen LogP contribution in [0.25, 0.3) is 0 Å². The summed E-state index contributed by atoms with van der Waals surface area (Å²) in [5.41, 5.74) is 1.64. The van der Waals surface area contributed by atoms with E-state index in [9.17, 15) is 14.4 Å². The lowest BCUT2D eigenvalue weighted by molar-refractivity contribution is -0.146. The molecule has 2 fully saturated rings. The minimum atomic E-state index is -0.800. The van der Waals surface area contributed by atoms with Crippen LogP contribution in [0.3, 0.4) is 0 Å². The summed E-state index contributed by atoms with van der Waals surface area (Å²) in [6.07, 6.45) is 1.13. The molecule has 1 aromatic carbocycles. The van der Waals surface area contributed by atoms with Crippen molar-refractivity contribution in [2.45, 2.75) is 26.2 Å². The summed E-state index contributed by atoms with van der Waals surface area (Å²) in [5.74, 6) is -1.70. The van der Waals surface area contributed by atoms with Gasteiger partial charge in [-0.3, -0.25) is 14.4 Å². The van der Waals surface area contributed by atoms with Crippen molar-refractivity contribution in [1.82, 2.24) is 4.90 Å². The van der Waals surface area contributed by atoms with Crippen molar-refractivity contribution < 1.29 is 19.5 Å². The van der Waals surface area contributed by atoms with Gasteiger partial charge in [0.1, 0.15) is 0 Å². The first-order chi connectivity index (χ1) is 11.9. The van der Waals surface area contributed by atoms with Gasteiger partial charge in [-0.2, -0.15) is 0 Å². The maximum Gasteiger partial charge on any atom is 0.306 e. The van der Waals surface area contributed by atoms with E-state index in [0.717, 1.165) is 5.56 Å². The molecule has 2 saturated heterocycles. The van der Waals surface area contributed by atoms with E-state index in [0.29, 0.717) is 43.2 Å². The lowest BCUT2D eigenvalue weighted by atomic mass is 9.95. The highest BCUT2D eigenvalue weighted by molar-refractivity contribution is 6.31. The number of halogens is 1. The molecule has 1 atom stereocenters. The Labute approximate surface area is 151 Å². The van der Waals surface area contributed by atoms with Crippen molar-refractivity contribution in [3.63, 3.8) is 0 Å². The number of likely N-dealkylation sites (tertiary alicyclic amines) is 1. The van der Waals surface area contributed by atoms with Gasteiger partial charge in [0.05, 0.1) is 11.8 Å². The Morgan fingerprint density at radius 2 is 1.88 bits per heavy atom. The molecule has 2 heterocycles. The topological polar surface area (TPSA) is 77.9 Å². The smallest absolute Gasteiger partial charge is 0.306 e. The SMILES string of the molecule is Cc1ccc(N2C[C@H](C(=O)N3CCC(C(=O)O)CC3)CC2=O)cc1Cl. The Bertz CT molecular complexity index is 713. The molecule has 25 heavy (non-hydrogen) atoms. The summed E-state index contributed by atoms with van der Waals surface area (Å²) in [5, 5.41) is 9.64. The number of piperidine rings is 1. The van der Waals surface area contributed by atoms with E-state index in [-0.39, 0.29) is 30.1 Å². The van der Waals surface area contributed by atoms with Crippen LogP contribution < -0.4 is 4.90 Å². The van der Waals surface area contributed by atoms with Gasteiger partial charge in [-0.15, -0.1) is 0 Å². The maximum atomic E-state index is 12.7. The minimum Gasteiger partial charge on any atom is -0.481 e. The van der Waals surface area contributed by atoms with Crippen molar-refractivity contribution >= 4 is 35.1 Å². The van der Waals surface area contributed by atoms with Crippen LogP contribution in [0.5, 0.6) is 0 Å². The zero-order valence-corrected chi connectivity index (χ0v) is 14.8. The second kappa shape index (κ2) is 7.04. The number of aliphatic carboxylic acids is 1. The average molecular weight is 365 g/mol. The quantitative estimate of drug-likeness (QED) is 0.892. The van der Waals surface area contributed by atoms with E-state index in [1.54, 1.807) is 15.9 Å². The van der Waals surface area contributed by atoms with E-state index in [1.807, 2.05) is 19.1 Å². The van der Waals surface area contributed by atoms with Gasteiger partial charge < -0.3 is 14.9 Å². The second-order valence-electron chi connectivity index (χ2n) is 6.78. The Hall–Kier alpha value is -2.08. The van der Waals surface area contributed by atoms with Gasteiger partial charge in [0.25, 0.3) is 0 Å². The number of hydrogen-bond donors (Lipinski definition) is 1. The molecule has 2 aliphatic heterocycles. The molecule has 7 heteroatoms. The number of carboxylic acid groups (broad SMARTS) is 1. The van der Waals surface area contributed by atoms with Crippen molar-refractivity contribution in [3.8, 4) is 0 Å². The molecule has 0 saturated carbocycles. The summed E-state index contributed by atoms with van der Waals surface area (Å²) in [4.78, 5) is 39.4. The van der Waals surface area contributed by atoms with Crippen LogP contribution in [0.4, 0.5) is 5.69 Å². The Morgan fingerprint density at radius 1 is 1.20 bits per heavy atom. The number of rotatable bonds is 3. The van der Waals surface area contributed by atoms with E-state index in [1.165, 1.54) is 0 Å². The molecule has 0 spiro atoms. The number of carbonyl (C=O) groups is 3. The van der Waals surface area contributed by atoms with Gasteiger partial charge in [0.2, 0.25) is 11.8 Å². The van der Waals surface area contributed by atoms with E-state index in [2.05, 4.69) is 0 Å². The highest BCUT2D eigenvalue weighted by atomic mass is 35.5. The standard InChI is InChI=1S/C18H21ClN2O4/c1-11-2-3-14(9-15(11)19)21-10-13(8-16(21)22)17(23)20-6-4-12(5-7-20)18(24)25/h2-3,9,12-13H,4-8,10H2,1H3,(H,24,25)/t13-/m1/s1. The van der Waals surface area contributed by atoms with E-state index >= 15 is 0 Å². The zero-order chi connectivity index (χ0) is 18.1. The summed E-state index contributed by atoms with van der Waals surface area (Å²) < 4.78 is 0. The zero-order valence-electron chi connectivity index (χ0n) is 14.1. The average Bonchev–Trinajstić information content (AvgIpc) is 2.98. The first-order valence-corrected chi connectivity index (χ1v) is 8.82. The molecule has 0 aromatic heterocycles. The summed E-state index contributed by atoms with van der Waals surface area (Å²) in [6, 6.07) is 5.45. The normalized spacial score (nSPS) is 21.7. The molecule has 1 N–H and O–H groups in total. The van der Waals surface area contributed by atoms with E-state index < -0.39 is 5.97 Å². The molecule has 0 radical (unpaired) electrons. The van der Waals surface area contributed by atoms with Gasteiger partial charge in [0.15, 0.2) is 0 Å². The van der Waals surface area contributed by atoms with Gasteiger partial charge >= 0.3 is 5.97 Å². The van der Waals surface area contributed by atoms with Crippen molar-refractivity contribution in [2.24, 2.45) is 11.8 Å². The van der Waals surface area contributed by atoms with Crippen LogP contribution in [0.1, 0.15) is 24.8 Å². The van der Waals surface area contributed by atoms with Gasteiger partial charge in [-0.05, 0) is 37.5 Å². The highest BCUT2D eigenvalue weighted by Gasteiger charge is 2.38. The largest absolute Gasteiger partial charge is 0.481 e. The molecule has 0 bridgehead atoms. The highest BCUT2D eigenvalue weighted by Crippen LogP contribution is 2.30. The molecule has 6 nitrogen and oxygen atoms in total. The molecule has 1 aromatic rings. The molecule has 0 aliphatic carbocycles. The number of amides is 2. The molecule has 0 unspecified atom stereocenters. The maximum absolute atomic E-state index is 12.7. The van der Waals surface area contributed by atoms with Crippen molar-refractivity contribution in [1.29, 1.82) is 0 Å². The number of carbonyl (C=O) groups excluding carboxylic acids is 2. The number of benzene rings is 1. The van der Waals surface area contributed by atoms with E-state index in [4.69, 9.17) is 16.7 Å². The van der Waals surface area contributed by atoms with Gasteiger partial charge in [-0.1, -0.05) is 17.7 Å². The third kappa shape index (κ3) is 3.63. The number of hydrogen-bond acceptors (Lipinski definition) is 3. The van der Waals surface area contributed by atoms with Gasteiger partial charge in [-0.25, -0.2) is 0 Å². The number of nitrogens with zero attached hydrogens (tertiary/aromatic N) is 2. The van der Waals surface area contributed by atoms with Crippen LogP contribution in [-0.4, -0.2) is 47.4 Å². The molecule has 3 rings (SSSR count). The third-order valence-corrected chi connectivity index (χ3v) is 5.50. The lowest BCUT2D eigenvalue weighted by Gasteiger charge is -2.31. The van der Waals surface area contributed by atoms with Crippen molar-refractivity contribution in [3.05, 3.63) is 28.8 Å². The Morgan fingerprint density at radius 3 is 2.48 bits per heavy atom. The van der Waals surface area contributed by atoms with Crippen LogP contribution in [-0.2, 0) is 14.4 Å². The van der Waals surface area contributed by atoms with Crippen LogP contribution in [0.15, 0.2) is 18.2 Å². The predicted octanol–water partition coefficient (Wildman–Crippen LogP) is 2.32. The predicted molar refractivity (Wildman–Crippen MR) is 93.6 cm³/mol. The molecular formula is C18H21ClN2O4. The van der Waals surface area contributed by atoms with Crippen LogP contribution >= 0.6 is 11.6 Å². The molecular weight excluding hydrogens is 344 g/mol. The number of aryl methyl sites for hydroxylation is 1. The first kappa shape index (κ1) is 17.7. The first-order valence-electron chi connectivity index (χ1n) is 8.45. The monoisotopic (exact) mass is 364 g/mol. The molecule has 2 aliphatic rings. The molecule has 2 amide bonds. The third-order valence-electron chi connectivity index (χ3n) is 5.10. The van der Waals surface area contributed by atoms with Crippen LogP contribution in [0, 0.1) is 18.8 Å². The molecule has 134 valence electrons. The van der Waals surface area contributed by atoms with Gasteiger partial charge in [0, 0.05) is 36.8 Å². The van der Waals surface area contributed by atoms with Crippen molar-refractivity contribution in [2.75, 3.05) is 24.5 Å². The fourth-order valence-corrected chi connectivity index (χ4v) is 3.65.